The lowest BCUT2D eigenvalue weighted by atomic mass is 10.2. The van der Waals surface area contributed by atoms with Crippen LogP contribution in [0.5, 0.6) is 11.5 Å². The highest BCUT2D eigenvalue weighted by atomic mass is 32.2. The molecule has 0 radical (unpaired) electrons. The van der Waals surface area contributed by atoms with Crippen molar-refractivity contribution in [3.63, 3.8) is 0 Å². The summed E-state index contributed by atoms with van der Waals surface area (Å²) in [6.45, 7) is 1.99. The Bertz CT molecular complexity index is 1320. The predicted molar refractivity (Wildman–Crippen MR) is 119 cm³/mol. The molecule has 0 fully saturated rings. The summed E-state index contributed by atoms with van der Waals surface area (Å²) in [5, 5.41) is 38.3. The van der Waals surface area contributed by atoms with E-state index >= 15 is 0 Å². The molecule has 0 saturated heterocycles. The number of nitrogens with zero attached hydrogens (tertiary/aromatic N) is 6. The number of rotatable bonds is 7. The minimum Gasteiger partial charge on any atom is -0.508 e. The van der Waals surface area contributed by atoms with Gasteiger partial charge in [0.25, 0.3) is 5.91 Å². The van der Waals surface area contributed by atoms with Gasteiger partial charge in [-0.05, 0) is 41.5 Å². The van der Waals surface area contributed by atoms with Crippen LogP contribution in [0.25, 0.3) is 5.82 Å². The van der Waals surface area contributed by atoms with Crippen LogP contribution in [0.3, 0.4) is 0 Å². The van der Waals surface area contributed by atoms with Crippen molar-refractivity contribution in [3.05, 3.63) is 65.0 Å². The molecular weight excluding hydrogens is 448 g/mol. The average molecular weight is 466 g/mol. The molecule has 0 aliphatic rings. The largest absolute Gasteiger partial charge is 0.508 e. The Morgan fingerprint density at radius 1 is 1.24 bits per heavy atom. The highest BCUT2D eigenvalue weighted by molar-refractivity contribution is 7.98. The molecule has 0 bridgehead atoms. The fourth-order valence-electron chi connectivity index (χ4n) is 2.76. The number of nitrogens with two attached hydrogens (primary N) is 1. The van der Waals surface area contributed by atoms with Gasteiger partial charge >= 0.3 is 0 Å². The second kappa shape index (κ2) is 9.40. The number of nitrogen functional groups attached to an aromatic ring is 1. The summed E-state index contributed by atoms with van der Waals surface area (Å²) in [4.78, 5) is 13.8. The summed E-state index contributed by atoms with van der Waals surface area (Å²) < 4.78 is 5.94. The molecule has 2 aromatic heterocycles. The number of thioether (sulfide) groups is 1. The van der Waals surface area contributed by atoms with Gasteiger partial charge in [-0.1, -0.05) is 22.9 Å². The van der Waals surface area contributed by atoms with Crippen molar-refractivity contribution in [2.75, 3.05) is 5.73 Å². The Balaban J connectivity index is 1.57. The van der Waals surface area contributed by atoms with Crippen molar-refractivity contribution in [1.82, 2.24) is 30.7 Å². The van der Waals surface area contributed by atoms with E-state index in [0.717, 1.165) is 16.5 Å². The van der Waals surface area contributed by atoms with Gasteiger partial charge in [-0.15, -0.1) is 16.9 Å². The summed E-state index contributed by atoms with van der Waals surface area (Å²) in [5.74, 6) is -0.503. The van der Waals surface area contributed by atoms with Gasteiger partial charge in [-0.3, -0.25) is 4.79 Å². The van der Waals surface area contributed by atoms with E-state index in [4.69, 9.17) is 5.73 Å². The average Bonchev–Trinajstić information content (AvgIpc) is 3.40. The maximum Gasteiger partial charge on any atom is 0.293 e. The summed E-state index contributed by atoms with van der Waals surface area (Å²) in [6.07, 6.45) is 1.23. The molecule has 4 rings (SSSR count). The molecule has 13 heteroatoms. The van der Waals surface area contributed by atoms with E-state index < -0.39 is 5.91 Å². The molecule has 0 aliphatic carbocycles. The minimum atomic E-state index is -0.634. The lowest BCUT2D eigenvalue weighted by Crippen LogP contribution is -2.20. The maximum atomic E-state index is 12.8. The van der Waals surface area contributed by atoms with E-state index in [0.29, 0.717) is 17.0 Å². The van der Waals surface area contributed by atoms with Crippen LogP contribution in [-0.2, 0) is 5.75 Å². The van der Waals surface area contributed by atoms with E-state index in [1.54, 1.807) is 0 Å². The summed E-state index contributed by atoms with van der Waals surface area (Å²) in [5.41, 5.74) is 9.98. The molecule has 0 saturated carbocycles. The molecule has 5 N–H and O–H groups in total. The molecule has 0 aliphatic heterocycles. The van der Waals surface area contributed by atoms with Crippen LogP contribution in [0.15, 0.2) is 57.1 Å². The van der Waals surface area contributed by atoms with Crippen LogP contribution < -0.4 is 11.2 Å². The number of benzene rings is 2. The molecule has 0 spiro atoms. The van der Waals surface area contributed by atoms with E-state index in [9.17, 15) is 15.0 Å². The molecule has 2 heterocycles. The molecule has 0 unspecified atom stereocenters. The van der Waals surface area contributed by atoms with Crippen molar-refractivity contribution >= 4 is 29.7 Å². The molecule has 33 heavy (non-hydrogen) atoms. The second-order valence-electron chi connectivity index (χ2n) is 6.81. The standard InChI is InChI=1S/C20H18N8O4S/c1-11-2-6-14(7-3-11)33-10-15-17(23-27-28(15)19-18(21)25-32-26-19)20(31)24-22-9-12-4-5-13(29)8-16(12)30/h2-9,29-30H,10H2,1H3,(H2,21,25)(H,24,31)/b22-9+. The number of hydrogen-bond acceptors (Lipinski definition) is 11. The van der Waals surface area contributed by atoms with Gasteiger partial charge in [0.05, 0.1) is 11.9 Å². The Morgan fingerprint density at radius 3 is 2.73 bits per heavy atom. The first-order valence-corrected chi connectivity index (χ1v) is 10.5. The molecule has 4 aromatic rings. The van der Waals surface area contributed by atoms with Gasteiger partial charge in [-0.2, -0.15) is 9.78 Å². The third kappa shape index (κ3) is 4.93. The number of carbonyl (C=O) groups is 1. The molecule has 2 aromatic carbocycles. The van der Waals surface area contributed by atoms with Crippen LogP contribution in [0.4, 0.5) is 5.82 Å². The Morgan fingerprint density at radius 2 is 2.03 bits per heavy atom. The Hall–Kier alpha value is -4.39. The number of hydrogen-bond donors (Lipinski definition) is 4. The number of phenolic OH excluding ortho intramolecular Hbond substituents is 2. The maximum absolute atomic E-state index is 12.8. The van der Waals surface area contributed by atoms with Gasteiger partial charge < -0.3 is 15.9 Å². The van der Waals surface area contributed by atoms with Crippen molar-refractivity contribution < 1.29 is 19.6 Å². The first kappa shape index (κ1) is 21.8. The van der Waals surface area contributed by atoms with Crippen LogP contribution in [0.2, 0.25) is 0 Å². The fraction of sp³-hybridized carbons (Fsp3) is 0.100. The van der Waals surface area contributed by atoms with E-state index in [2.05, 4.69) is 35.8 Å². The molecule has 168 valence electrons. The van der Waals surface area contributed by atoms with Gasteiger partial charge in [0.2, 0.25) is 11.6 Å². The van der Waals surface area contributed by atoms with Crippen molar-refractivity contribution in [2.45, 2.75) is 17.6 Å². The summed E-state index contributed by atoms with van der Waals surface area (Å²) in [6, 6.07) is 11.9. The third-order valence-corrected chi connectivity index (χ3v) is 5.48. The minimum absolute atomic E-state index is 0.00379. The van der Waals surface area contributed by atoms with Gasteiger partial charge in [0, 0.05) is 22.3 Å². The second-order valence-corrected chi connectivity index (χ2v) is 7.86. The number of hydrazone groups is 1. The SMILES string of the molecule is Cc1ccc(SCc2c(C(=O)N/N=C/c3ccc(O)cc3O)nnn2-c2nonc2N)cc1. The van der Waals surface area contributed by atoms with E-state index in [-0.39, 0.29) is 28.8 Å². The van der Waals surface area contributed by atoms with Gasteiger partial charge in [0.1, 0.15) is 11.5 Å². The first-order chi connectivity index (χ1) is 15.9. The molecule has 1 amide bonds. The number of aromatic hydroxyl groups is 2. The quantitative estimate of drug-likeness (QED) is 0.179. The lowest BCUT2D eigenvalue weighted by Gasteiger charge is -2.06. The number of aryl methyl sites for hydroxylation is 1. The van der Waals surface area contributed by atoms with Gasteiger partial charge in [-0.25, -0.2) is 10.1 Å². The lowest BCUT2D eigenvalue weighted by molar-refractivity contribution is 0.0949. The van der Waals surface area contributed by atoms with Crippen molar-refractivity contribution in [3.8, 4) is 17.3 Å². The highest BCUT2D eigenvalue weighted by Gasteiger charge is 2.24. The number of phenols is 2. The molecule has 0 atom stereocenters. The smallest absolute Gasteiger partial charge is 0.293 e. The topological polar surface area (TPSA) is 178 Å². The zero-order chi connectivity index (χ0) is 23.4. The summed E-state index contributed by atoms with van der Waals surface area (Å²) in [7, 11) is 0. The van der Waals surface area contributed by atoms with Crippen LogP contribution in [-0.4, -0.2) is 47.6 Å². The van der Waals surface area contributed by atoms with Gasteiger partial charge in [0.15, 0.2) is 5.69 Å². The van der Waals surface area contributed by atoms with Crippen LogP contribution >= 0.6 is 11.8 Å². The summed E-state index contributed by atoms with van der Waals surface area (Å²) >= 11 is 1.46. The first-order valence-electron chi connectivity index (χ1n) is 9.50. The van der Waals surface area contributed by atoms with E-state index in [1.807, 2.05) is 31.2 Å². The number of nitrogens with one attached hydrogen (secondary N) is 1. The Kier molecular flexibility index (Phi) is 6.22. The Labute approximate surface area is 191 Å². The van der Waals surface area contributed by atoms with Crippen molar-refractivity contribution in [1.29, 1.82) is 0 Å². The number of anilines is 1. The van der Waals surface area contributed by atoms with E-state index in [1.165, 1.54) is 34.8 Å². The normalized spacial score (nSPS) is 11.2. The third-order valence-electron chi connectivity index (χ3n) is 4.45. The zero-order valence-corrected chi connectivity index (χ0v) is 18.0. The number of aromatic nitrogens is 5. The monoisotopic (exact) mass is 466 g/mol. The number of amides is 1. The highest BCUT2D eigenvalue weighted by Crippen LogP contribution is 2.26. The van der Waals surface area contributed by atoms with Crippen molar-refractivity contribution in [2.24, 2.45) is 5.10 Å². The van der Waals surface area contributed by atoms with Crippen LogP contribution in [0.1, 0.15) is 27.3 Å². The van der Waals surface area contributed by atoms with Crippen LogP contribution in [0, 0.1) is 6.92 Å². The predicted octanol–water partition coefficient (Wildman–Crippen LogP) is 2.01. The number of carbonyl (C=O) groups excluding carboxylic acids is 1. The molecular formula is C20H18N8O4S. The fourth-order valence-corrected chi connectivity index (χ4v) is 3.65. The molecule has 12 nitrogen and oxygen atoms in total. The zero-order valence-electron chi connectivity index (χ0n) is 17.2.